The lowest BCUT2D eigenvalue weighted by Gasteiger charge is -2.31. The van der Waals surface area contributed by atoms with Crippen LogP contribution in [0.1, 0.15) is 31.5 Å². The van der Waals surface area contributed by atoms with E-state index in [0.717, 1.165) is 35.9 Å². The molecule has 28 heavy (non-hydrogen) atoms. The predicted octanol–water partition coefficient (Wildman–Crippen LogP) is 3.59. The second-order valence-electron chi connectivity index (χ2n) is 6.15. The molecule has 0 amide bonds. The Morgan fingerprint density at radius 3 is 2.43 bits per heavy atom. The van der Waals surface area contributed by atoms with Crippen LogP contribution in [0.4, 0.5) is 0 Å². The van der Waals surface area contributed by atoms with Gasteiger partial charge in [0, 0.05) is 18.2 Å². The second kappa shape index (κ2) is 10.6. The van der Waals surface area contributed by atoms with Gasteiger partial charge in [-0.15, -0.1) is 47.4 Å². The minimum absolute atomic E-state index is 0. The summed E-state index contributed by atoms with van der Waals surface area (Å²) in [6.07, 6.45) is 5.31. The monoisotopic (exact) mass is 444 g/mol. The maximum absolute atomic E-state index is 5.96. The molecular weight excluding hydrogens is 423 g/mol. The lowest BCUT2D eigenvalue weighted by Crippen LogP contribution is -2.36. The minimum atomic E-state index is 0. The molecule has 4 rings (SSSR count). The van der Waals surface area contributed by atoms with Gasteiger partial charge < -0.3 is 10.5 Å². The predicted molar refractivity (Wildman–Crippen MR) is 115 cm³/mol. The van der Waals surface area contributed by atoms with Gasteiger partial charge in [0.2, 0.25) is 0 Å². The largest absolute Gasteiger partial charge is 0.492 e. The Kier molecular flexibility index (Phi) is 9.10. The van der Waals surface area contributed by atoms with E-state index in [-0.39, 0.29) is 43.3 Å². The highest BCUT2D eigenvalue weighted by Crippen LogP contribution is 2.37. The summed E-state index contributed by atoms with van der Waals surface area (Å²) in [5.74, 6) is 3.40. The number of ether oxygens (including phenoxy) is 1. The van der Waals surface area contributed by atoms with Crippen molar-refractivity contribution in [2.45, 2.75) is 31.7 Å². The molecule has 0 radical (unpaired) electrons. The third-order valence-electron chi connectivity index (χ3n) is 4.38. The van der Waals surface area contributed by atoms with Crippen molar-refractivity contribution in [3.05, 3.63) is 48.5 Å². The molecule has 1 fully saturated rings. The normalized spacial score (nSPS) is 17.4. The topological polar surface area (TPSA) is 91.7 Å². The first-order chi connectivity index (χ1) is 12.3. The van der Waals surface area contributed by atoms with Gasteiger partial charge in [-0.3, -0.25) is 4.57 Å². The van der Waals surface area contributed by atoms with E-state index in [2.05, 4.69) is 20.2 Å². The van der Waals surface area contributed by atoms with Gasteiger partial charge in [-0.1, -0.05) is 6.07 Å². The zero-order valence-electron chi connectivity index (χ0n) is 15.3. The van der Waals surface area contributed by atoms with Crippen molar-refractivity contribution in [3.8, 4) is 23.1 Å². The summed E-state index contributed by atoms with van der Waals surface area (Å²) < 4.78 is 7.45. The van der Waals surface area contributed by atoms with E-state index < -0.39 is 0 Å². The maximum atomic E-state index is 5.96. The molecule has 0 atom stereocenters. The van der Waals surface area contributed by atoms with E-state index >= 15 is 0 Å². The molecule has 3 heterocycles. The molecule has 7 nitrogen and oxygen atoms in total. The summed E-state index contributed by atoms with van der Waals surface area (Å²) >= 11 is 0. The van der Waals surface area contributed by atoms with Crippen LogP contribution < -0.4 is 10.5 Å². The van der Waals surface area contributed by atoms with E-state index in [1.54, 1.807) is 12.4 Å². The molecule has 0 aromatic carbocycles. The first-order valence-electron chi connectivity index (χ1n) is 8.47. The highest BCUT2D eigenvalue weighted by Gasteiger charge is 2.33. The number of aromatic nitrogens is 5. The summed E-state index contributed by atoms with van der Waals surface area (Å²) in [6, 6.07) is 9.82. The molecule has 0 aliphatic heterocycles. The number of hydrogen-bond acceptors (Lipinski definition) is 6. The van der Waals surface area contributed by atoms with Gasteiger partial charge in [0.15, 0.2) is 5.82 Å². The quantitative estimate of drug-likeness (QED) is 0.645. The van der Waals surface area contributed by atoms with Gasteiger partial charge in [0.05, 0.1) is 12.8 Å². The number of nitrogens with zero attached hydrogens (tertiary/aromatic N) is 5. The zero-order valence-corrected chi connectivity index (χ0v) is 17.7. The lowest BCUT2D eigenvalue weighted by atomic mass is 9.80. The van der Waals surface area contributed by atoms with Gasteiger partial charge >= 0.3 is 0 Å². The molecule has 0 saturated heterocycles. The van der Waals surface area contributed by atoms with Crippen LogP contribution in [-0.4, -0.2) is 37.4 Å². The lowest BCUT2D eigenvalue weighted by molar-refractivity contribution is 0.334. The average Bonchev–Trinajstić information content (AvgIpc) is 3.05. The molecule has 1 aliphatic rings. The number of rotatable bonds is 5. The third kappa shape index (κ3) is 4.72. The summed E-state index contributed by atoms with van der Waals surface area (Å²) in [7, 11) is 0. The van der Waals surface area contributed by atoms with Crippen molar-refractivity contribution in [1.82, 2.24) is 24.7 Å². The van der Waals surface area contributed by atoms with Crippen LogP contribution in [0.15, 0.2) is 42.7 Å². The molecule has 3 aromatic rings. The molecule has 0 bridgehead atoms. The Bertz CT molecular complexity index is 854. The number of halogens is 3. The number of hydrogen-bond donors (Lipinski definition) is 1. The maximum Gasteiger partial charge on any atom is 0.188 e. The molecule has 3 aromatic heterocycles. The Labute approximate surface area is 182 Å². The summed E-state index contributed by atoms with van der Waals surface area (Å²) in [4.78, 5) is 8.96. The van der Waals surface area contributed by atoms with Gasteiger partial charge in [0.25, 0.3) is 0 Å². The van der Waals surface area contributed by atoms with E-state index in [9.17, 15) is 0 Å². The molecule has 2 N–H and O–H groups in total. The van der Waals surface area contributed by atoms with Crippen LogP contribution in [0, 0.1) is 0 Å². The highest BCUT2D eigenvalue weighted by molar-refractivity contribution is 5.86. The van der Waals surface area contributed by atoms with Crippen molar-refractivity contribution < 1.29 is 4.74 Å². The zero-order chi connectivity index (χ0) is 17.2. The fourth-order valence-electron chi connectivity index (χ4n) is 3.08. The van der Waals surface area contributed by atoms with Gasteiger partial charge in [0.1, 0.15) is 23.1 Å². The van der Waals surface area contributed by atoms with Gasteiger partial charge in [-0.05, 0) is 44.0 Å². The average molecular weight is 446 g/mol. The van der Waals surface area contributed by atoms with E-state index in [0.29, 0.717) is 18.3 Å². The van der Waals surface area contributed by atoms with E-state index in [1.807, 2.05) is 41.8 Å². The SMILES string of the molecule is CCOc1ccc(-c2nnc(C3CC(N)C3)n2-c2ccccn2)nc1.Cl.Cl.Cl. The van der Waals surface area contributed by atoms with Crippen LogP contribution in [0.3, 0.4) is 0 Å². The first-order valence-corrected chi connectivity index (χ1v) is 8.47. The molecule has 0 spiro atoms. The second-order valence-corrected chi connectivity index (χ2v) is 6.15. The molecule has 0 unspecified atom stereocenters. The summed E-state index contributed by atoms with van der Waals surface area (Å²) in [5.41, 5.74) is 6.69. The van der Waals surface area contributed by atoms with Crippen molar-refractivity contribution in [2.24, 2.45) is 5.73 Å². The standard InChI is InChI=1S/C18H20N6O.3ClH/c1-2-25-14-6-7-15(21-11-14)18-23-22-17(12-9-13(19)10-12)24(18)16-5-3-4-8-20-16;;;/h3-8,11-13H,2,9-10,19H2,1H3;3*1H. The fourth-order valence-corrected chi connectivity index (χ4v) is 3.08. The Morgan fingerprint density at radius 2 is 1.86 bits per heavy atom. The van der Waals surface area contributed by atoms with Crippen molar-refractivity contribution in [3.63, 3.8) is 0 Å². The van der Waals surface area contributed by atoms with Crippen LogP contribution in [-0.2, 0) is 0 Å². The van der Waals surface area contributed by atoms with Crippen LogP contribution in [0.2, 0.25) is 0 Å². The Hall–Kier alpha value is -1.93. The van der Waals surface area contributed by atoms with E-state index in [4.69, 9.17) is 10.5 Å². The highest BCUT2D eigenvalue weighted by atomic mass is 35.5. The molecule has 152 valence electrons. The summed E-state index contributed by atoms with van der Waals surface area (Å²) in [5, 5.41) is 8.83. The molecular formula is C18H23Cl3N6O. The minimum Gasteiger partial charge on any atom is -0.492 e. The number of pyridine rings is 2. The Balaban J connectivity index is 0.00000131. The first kappa shape index (κ1) is 24.1. The number of nitrogens with two attached hydrogens (primary N) is 1. The molecule has 1 aliphatic carbocycles. The van der Waals surface area contributed by atoms with Gasteiger partial charge in [-0.2, -0.15) is 0 Å². The molecule has 10 heteroatoms. The third-order valence-corrected chi connectivity index (χ3v) is 4.38. The molecule has 1 saturated carbocycles. The fraction of sp³-hybridized carbons (Fsp3) is 0.333. The van der Waals surface area contributed by atoms with Gasteiger partial charge in [-0.25, -0.2) is 9.97 Å². The van der Waals surface area contributed by atoms with Crippen LogP contribution >= 0.6 is 37.2 Å². The van der Waals surface area contributed by atoms with E-state index in [1.165, 1.54) is 0 Å². The van der Waals surface area contributed by atoms with Crippen LogP contribution in [0.5, 0.6) is 5.75 Å². The van der Waals surface area contributed by atoms with Crippen LogP contribution in [0.25, 0.3) is 17.3 Å². The van der Waals surface area contributed by atoms with Crippen molar-refractivity contribution >= 4 is 37.2 Å². The smallest absolute Gasteiger partial charge is 0.188 e. The Morgan fingerprint density at radius 1 is 1.07 bits per heavy atom. The van der Waals surface area contributed by atoms with Crippen molar-refractivity contribution in [1.29, 1.82) is 0 Å². The summed E-state index contributed by atoms with van der Waals surface area (Å²) in [6.45, 7) is 2.55. The van der Waals surface area contributed by atoms with Crippen molar-refractivity contribution in [2.75, 3.05) is 6.61 Å².